The van der Waals surface area contributed by atoms with Crippen LogP contribution in [0.4, 0.5) is 5.69 Å². The van der Waals surface area contributed by atoms with Crippen LogP contribution in [0, 0.1) is 0 Å². The molecule has 3 rings (SSSR count). The molecule has 0 spiro atoms. The lowest BCUT2D eigenvalue weighted by Crippen LogP contribution is -2.38. The molecule has 3 nitrogen and oxygen atoms in total. The van der Waals surface area contributed by atoms with Crippen LogP contribution in [-0.2, 0) is 6.54 Å². The number of anilines is 1. The van der Waals surface area contributed by atoms with Crippen molar-refractivity contribution in [3.63, 3.8) is 0 Å². The first-order chi connectivity index (χ1) is 8.83. The zero-order valence-electron chi connectivity index (χ0n) is 10.4. The fourth-order valence-electron chi connectivity index (χ4n) is 2.32. The van der Waals surface area contributed by atoms with E-state index in [0.717, 1.165) is 30.2 Å². The highest BCUT2D eigenvalue weighted by Crippen LogP contribution is 2.33. The van der Waals surface area contributed by atoms with Crippen molar-refractivity contribution in [2.75, 3.05) is 11.4 Å². The van der Waals surface area contributed by atoms with Gasteiger partial charge in [0.05, 0.1) is 24.5 Å². The molecule has 0 amide bonds. The molecule has 1 aromatic carbocycles. The van der Waals surface area contributed by atoms with E-state index in [2.05, 4.69) is 28.9 Å². The lowest BCUT2D eigenvalue weighted by atomic mass is 10.2. The van der Waals surface area contributed by atoms with Gasteiger partial charge in [-0.1, -0.05) is 18.2 Å². The zero-order valence-corrected chi connectivity index (χ0v) is 10.4. The molecule has 1 aliphatic heterocycles. The second-order valence-electron chi connectivity index (χ2n) is 4.60. The topological polar surface area (TPSA) is 25.4 Å². The minimum Gasteiger partial charge on any atom is -0.487 e. The summed E-state index contributed by atoms with van der Waals surface area (Å²) in [5.74, 6) is 0.965. The van der Waals surface area contributed by atoms with E-state index >= 15 is 0 Å². The average molecular weight is 240 g/mol. The number of benzene rings is 1. The van der Waals surface area contributed by atoms with E-state index < -0.39 is 0 Å². The number of hydrogen-bond donors (Lipinski definition) is 0. The molecule has 1 unspecified atom stereocenters. The van der Waals surface area contributed by atoms with Gasteiger partial charge in [0.25, 0.3) is 0 Å². The summed E-state index contributed by atoms with van der Waals surface area (Å²) >= 11 is 0. The third kappa shape index (κ3) is 2.16. The van der Waals surface area contributed by atoms with Gasteiger partial charge in [-0.3, -0.25) is 4.98 Å². The van der Waals surface area contributed by atoms with E-state index in [9.17, 15) is 0 Å². The second-order valence-corrected chi connectivity index (χ2v) is 4.60. The zero-order chi connectivity index (χ0) is 12.4. The standard InChI is InChI=1S/C15H16N2O/c1-12-10-17(11-13-6-4-5-9-16-13)14-7-2-3-8-15(14)18-12/h2-9,12H,10-11H2,1H3. The Morgan fingerprint density at radius 1 is 1.22 bits per heavy atom. The van der Waals surface area contributed by atoms with Crippen molar-refractivity contribution in [1.82, 2.24) is 4.98 Å². The van der Waals surface area contributed by atoms with E-state index in [-0.39, 0.29) is 6.10 Å². The maximum atomic E-state index is 5.84. The minimum absolute atomic E-state index is 0.212. The first kappa shape index (κ1) is 11.1. The molecule has 92 valence electrons. The summed E-state index contributed by atoms with van der Waals surface area (Å²) in [6.45, 7) is 3.82. The quantitative estimate of drug-likeness (QED) is 0.807. The van der Waals surface area contributed by atoms with Crippen molar-refractivity contribution in [2.45, 2.75) is 19.6 Å². The number of nitrogens with zero attached hydrogens (tertiary/aromatic N) is 2. The highest BCUT2D eigenvalue weighted by molar-refractivity contribution is 5.60. The van der Waals surface area contributed by atoms with E-state index in [1.54, 1.807) is 0 Å². The number of aromatic nitrogens is 1. The van der Waals surface area contributed by atoms with E-state index in [1.807, 2.05) is 36.5 Å². The van der Waals surface area contributed by atoms with Crippen LogP contribution in [0.3, 0.4) is 0 Å². The second kappa shape index (κ2) is 4.69. The van der Waals surface area contributed by atoms with Gasteiger partial charge in [-0.15, -0.1) is 0 Å². The molecule has 0 saturated heterocycles. The van der Waals surface area contributed by atoms with Gasteiger partial charge in [-0.05, 0) is 31.2 Å². The Balaban J connectivity index is 1.89. The summed E-state index contributed by atoms with van der Waals surface area (Å²) in [5.41, 5.74) is 2.24. The molecule has 2 heterocycles. The number of para-hydroxylation sites is 2. The molecule has 0 radical (unpaired) electrons. The van der Waals surface area contributed by atoms with E-state index in [1.165, 1.54) is 0 Å². The maximum absolute atomic E-state index is 5.84. The monoisotopic (exact) mass is 240 g/mol. The van der Waals surface area contributed by atoms with Gasteiger partial charge >= 0.3 is 0 Å². The molecular formula is C15H16N2O. The normalized spacial score (nSPS) is 18.1. The highest BCUT2D eigenvalue weighted by atomic mass is 16.5. The largest absolute Gasteiger partial charge is 0.487 e. The number of hydrogen-bond acceptors (Lipinski definition) is 3. The molecular weight excluding hydrogens is 224 g/mol. The third-order valence-corrected chi connectivity index (χ3v) is 3.09. The SMILES string of the molecule is CC1CN(Cc2ccccn2)c2ccccc2O1. The predicted octanol–water partition coefficient (Wildman–Crippen LogP) is 2.87. The Labute approximate surface area is 107 Å². The molecule has 0 aliphatic carbocycles. The summed E-state index contributed by atoms with van der Waals surface area (Å²) < 4.78 is 5.84. The van der Waals surface area contributed by atoms with Gasteiger partial charge in [0.1, 0.15) is 11.9 Å². The van der Waals surface area contributed by atoms with Gasteiger partial charge in [0, 0.05) is 6.20 Å². The van der Waals surface area contributed by atoms with Crippen LogP contribution in [0.5, 0.6) is 5.75 Å². The maximum Gasteiger partial charge on any atom is 0.143 e. The lowest BCUT2D eigenvalue weighted by molar-refractivity contribution is 0.212. The van der Waals surface area contributed by atoms with Crippen LogP contribution in [0.25, 0.3) is 0 Å². The van der Waals surface area contributed by atoms with Crippen molar-refractivity contribution in [3.8, 4) is 5.75 Å². The molecule has 18 heavy (non-hydrogen) atoms. The van der Waals surface area contributed by atoms with Gasteiger partial charge in [0.2, 0.25) is 0 Å². The molecule has 0 N–H and O–H groups in total. The number of rotatable bonds is 2. The number of pyridine rings is 1. The Kier molecular flexibility index (Phi) is 2.89. The van der Waals surface area contributed by atoms with Crippen LogP contribution in [0.15, 0.2) is 48.7 Å². The molecule has 1 aromatic heterocycles. The third-order valence-electron chi connectivity index (χ3n) is 3.09. The van der Waals surface area contributed by atoms with E-state index in [0.29, 0.717) is 0 Å². The number of ether oxygens (including phenoxy) is 1. The Morgan fingerprint density at radius 2 is 2.06 bits per heavy atom. The van der Waals surface area contributed by atoms with Crippen molar-refractivity contribution >= 4 is 5.69 Å². The van der Waals surface area contributed by atoms with Crippen LogP contribution in [-0.4, -0.2) is 17.6 Å². The van der Waals surface area contributed by atoms with Crippen molar-refractivity contribution in [2.24, 2.45) is 0 Å². The average Bonchev–Trinajstić information content (AvgIpc) is 2.40. The fourth-order valence-corrected chi connectivity index (χ4v) is 2.32. The van der Waals surface area contributed by atoms with Crippen LogP contribution >= 0.6 is 0 Å². The first-order valence-electron chi connectivity index (χ1n) is 6.23. The summed E-state index contributed by atoms with van der Waals surface area (Å²) in [6, 6.07) is 14.2. The molecule has 0 saturated carbocycles. The summed E-state index contributed by atoms with van der Waals surface area (Å²) in [4.78, 5) is 6.71. The van der Waals surface area contributed by atoms with Crippen LogP contribution in [0.2, 0.25) is 0 Å². The van der Waals surface area contributed by atoms with Gasteiger partial charge in [0.15, 0.2) is 0 Å². The summed E-state index contributed by atoms with van der Waals surface area (Å²) in [6.07, 6.45) is 2.05. The Hall–Kier alpha value is -2.03. The van der Waals surface area contributed by atoms with E-state index in [4.69, 9.17) is 4.74 Å². The van der Waals surface area contributed by atoms with Crippen LogP contribution < -0.4 is 9.64 Å². The lowest BCUT2D eigenvalue weighted by Gasteiger charge is -2.34. The Bertz CT molecular complexity index is 527. The molecule has 0 bridgehead atoms. The molecule has 0 fully saturated rings. The fraction of sp³-hybridized carbons (Fsp3) is 0.267. The van der Waals surface area contributed by atoms with Crippen LogP contribution in [0.1, 0.15) is 12.6 Å². The van der Waals surface area contributed by atoms with Crippen molar-refractivity contribution in [1.29, 1.82) is 0 Å². The highest BCUT2D eigenvalue weighted by Gasteiger charge is 2.22. The first-order valence-corrected chi connectivity index (χ1v) is 6.23. The minimum atomic E-state index is 0.212. The Morgan fingerprint density at radius 3 is 2.89 bits per heavy atom. The summed E-state index contributed by atoms with van der Waals surface area (Å²) in [5, 5.41) is 0. The number of fused-ring (bicyclic) bond motifs is 1. The molecule has 3 heteroatoms. The molecule has 1 atom stereocenters. The van der Waals surface area contributed by atoms with Gasteiger partial charge in [-0.25, -0.2) is 0 Å². The van der Waals surface area contributed by atoms with Gasteiger partial charge in [-0.2, -0.15) is 0 Å². The van der Waals surface area contributed by atoms with Crippen molar-refractivity contribution < 1.29 is 4.74 Å². The molecule has 1 aliphatic rings. The molecule has 2 aromatic rings. The summed E-state index contributed by atoms with van der Waals surface area (Å²) in [7, 11) is 0. The predicted molar refractivity (Wildman–Crippen MR) is 71.8 cm³/mol. The van der Waals surface area contributed by atoms with Crippen molar-refractivity contribution in [3.05, 3.63) is 54.4 Å². The smallest absolute Gasteiger partial charge is 0.143 e. The van der Waals surface area contributed by atoms with Gasteiger partial charge < -0.3 is 9.64 Å².